The summed E-state index contributed by atoms with van der Waals surface area (Å²) in [5, 5.41) is 10.2. The summed E-state index contributed by atoms with van der Waals surface area (Å²) in [7, 11) is 0. The van der Waals surface area contributed by atoms with Crippen molar-refractivity contribution in [3.63, 3.8) is 0 Å². The van der Waals surface area contributed by atoms with E-state index in [1.807, 2.05) is 56.3 Å². The molecule has 0 spiro atoms. The van der Waals surface area contributed by atoms with Crippen LogP contribution in [0.4, 0.5) is 5.69 Å². The molecule has 0 radical (unpaired) electrons. The third-order valence-corrected chi connectivity index (χ3v) is 15.5. The van der Waals surface area contributed by atoms with Crippen LogP contribution in [0.2, 0.25) is 0 Å². The minimum atomic E-state index is -0.716. The molecule has 0 aromatic heterocycles. The Balaban J connectivity index is 0.664. The minimum Gasteiger partial charge on any atom is -0.491 e. The molecule has 0 bridgehead atoms. The summed E-state index contributed by atoms with van der Waals surface area (Å²) in [4.78, 5) is 44.5. The lowest BCUT2D eigenvalue weighted by atomic mass is 9.82. The Morgan fingerprint density at radius 2 is 1.32 bits per heavy atom. The van der Waals surface area contributed by atoms with Gasteiger partial charge in [-0.05, 0) is 114 Å². The molecule has 2 aliphatic heterocycles. The minimum absolute atomic E-state index is 0.0216. The van der Waals surface area contributed by atoms with Crippen molar-refractivity contribution in [3.05, 3.63) is 137 Å². The van der Waals surface area contributed by atoms with Crippen LogP contribution in [0.5, 0.6) is 11.5 Å². The van der Waals surface area contributed by atoms with Gasteiger partial charge in [0, 0.05) is 30.5 Å². The maximum Gasteiger partial charge on any atom is 0.246 e. The molecule has 1 fully saturated rings. The fourth-order valence-electron chi connectivity index (χ4n) is 11.1. The largest absolute Gasteiger partial charge is 0.491 e. The van der Waals surface area contributed by atoms with E-state index in [1.165, 1.54) is 22.4 Å². The summed E-state index contributed by atoms with van der Waals surface area (Å²) in [5.74, 6) is 1.23. The van der Waals surface area contributed by atoms with Gasteiger partial charge in [-0.1, -0.05) is 112 Å². The molecule has 13 heteroatoms. The van der Waals surface area contributed by atoms with Crippen LogP contribution in [-0.2, 0) is 52.7 Å². The van der Waals surface area contributed by atoms with Crippen LogP contribution in [0.15, 0.2) is 109 Å². The summed E-state index contributed by atoms with van der Waals surface area (Å²) >= 11 is 0. The van der Waals surface area contributed by atoms with Crippen LogP contribution in [-0.4, -0.2) is 107 Å². The zero-order valence-electron chi connectivity index (χ0n) is 43.4. The number of hydrogen-bond donors (Lipinski definition) is 3. The fourth-order valence-corrected chi connectivity index (χ4v) is 11.1. The number of aryl methyl sites for hydroxylation is 1. The lowest BCUT2D eigenvalue weighted by Gasteiger charge is -2.41. The summed E-state index contributed by atoms with van der Waals surface area (Å²) in [5.41, 5.74) is 9.23. The first-order chi connectivity index (χ1) is 36.3. The Morgan fingerprint density at radius 1 is 0.662 bits per heavy atom. The van der Waals surface area contributed by atoms with Gasteiger partial charge in [-0.15, -0.1) is 0 Å². The second-order valence-electron chi connectivity index (χ2n) is 20.4. The third-order valence-electron chi connectivity index (χ3n) is 15.5. The molecule has 13 nitrogen and oxygen atoms in total. The van der Waals surface area contributed by atoms with Gasteiger partial charge in [-0.2, -0.15) is 0 Å². The second kappa shape index (κ2) is 26.5. The van der Waals surface area contributed by atoms with E-state index in [0.29, 0.717) is 96.6 Å². The van der Waals surface area contributed by atoms with E-state index in [4.69, 9.17) is 28.4 Å². The predicted molar refractivity (Wildman–Crippen MR) is 287 cm³/mol. The summed E-state index contributed by atoms with van der Waals surface area (Å²) < 4.78 is 34.9. The molecule has 6 atom stereocenters. The maximum atomic E-state index is 14.9. The number of carbonyl (C=O) groups is 3. The normalized spacial score (nSPS) is 20.5. The number of hydrogen-bond acceptors (Lipinski definition) is 10. The molecule has 4 aromatic carbocycles. The number of benzene rings is 4. The van der Waals surface area contributed by atoms with Crippen LogP contribution in [0.25, 0.3) is 11.1 Å². The van der Waals surface area contributed by atoms with E-state index < -0.39 is 12.1 Å². The molecule has 2 unspecified atom stereocenters. The van der Waals surface area contributed by atoms with Crippen molar-refractivity contribution in [2.24, 2.45) is 11.8 Å². The first kappa shape index (κ1) is 52.9. The number of anilines is 1. The maximum absolute atomic E-state index is 14.9. The van der Waals surface area contributed by atoms with Crippen LogP contribution >= 0.6 is 0 Å². The number of amides is 3. The molecule has 74 heavy (non-hydrogen) atoms. The highest BCUT2D eigenvalue weighted by Gasteiger charge is 2.42. The predicted octanol–water partition coefficient (Wildman–Crippen LogP) is 9.44. The zero-order chi connectivity index (χ0) is 51.1. The quantitative estimate of drug-likeness (QED) is 0.0549. The smallest absolute Gasteiger partial charge is 0.246 e. The van der Waals surface area contributed by atoms with Crippen LogP contribution < -0.4 is 25.4 Å². The highest BCUT2D eigenvalue weighted by molar-refractivity contribution is 5.93. The number of rotatable bonds is 25. The van der Waals surface area contributed by atoms with E-state index in [-0.39, 0.29) is 42.1 Å². The number of fused-ring (bicyclic) bond motifs is 5. The number of nitrogens with zero attached hydrogens (tertiary/aromatic N) is 1. The van der Waals surface area contributed by atoms with Crippen molar-refractivity contribution < 1.29 is 42.8 Å². The standard InChI is InChI=1S/C61H76N4O9/c1-3-42(2)59(66)64-58(45-13-5-4-6-14-45)61(68)65-41-48-38-50(26-22-47(48)40-57(65)60(67)63-54-19-11-15-44-12-7-8-16-51(44)54)74-37-35-72-33-31-70-29-28-69-30-32-71-34-36-73-49-24-20-43(21-25-49)46-23-27-53-52-17-9-10-18-55(52)62-56(53)39-46/h7-10,12,16-18,20-27,38-39,42,45,52,54-55,57-58,62H,3-6,11,13-15,19,28-37,40-41H2,1-2H3,(H,63,67)(H,64,66)/t42-,52?,54+,55?,57-,58+/m1/s1. The van der Waals surface area contributed by atoms with Crippen molar-refractivity contribution in [2.45, 2.75) is 115 Å². The average molecular weight is 1010 g/mol. The van der Waals surface area contributed by atoms with E-state index in [0.717, 1.165) is 79.4 Å². The number of ether oxygens (including phenoxy) is 6. The molecule has 1 saturated carbocycles. The summed E-state index contributed by atoms with van der Waals surface area (Å²) in [6.45, 7) is 8.48. The Labute approximate surface area is 437 Å². The number of carbonyl (C=O) groups excluding carboxylic acids is 3. The first-order valence-corrected chi connectivity index (χ1v) is 27.4. The molecule has 3 amide bonds. The highest BCUT2D eigenvalue weighted by atomic mass is 16.6. The van der Waals surface area contributed by atoms with Gasteiger partial charge in [0.15, 0.2) is 0 Å². The van der Waals surface area contributed by atoms with Crippen LogP contribution in [0.3, 0.4) is 0 Å². The average Bonchev–Trinajstić information content (AvgIpc) is 3.82. The SMILES string of the molecule is CC[C@@H](C)C(=O)N[C@H](C(=O)N1Cc2cc(OCCOCCOCCOCCOCCOc3ccc(-c4ccc5c(c4)NC4C=CC=CC54)cc3)ccc2C[C@@H]1C(=O)N[C@H]1CCCc2ccccc21)C1CCCCC1. The molecular formula is C61H76N4O9. The van der Waals surface area contributed by atoms with Crippen molar-refractivity contribution in [3.8, 4) is 22.6 Å². The Bertz CT molecular complexity index is 2560. The van der Waals surface area contributed by atoms with E-state index in [2.05, 4.69) is 82.7 Å². The molecule has 394 valence electrons. The van der Waals surface area contributed by atoms with Crippen LogP contribution in [0.1, 0.15) is 105 Å². The van der Waals surface area contributed by atoms with Gasteiger partial charge in [-0.25, -0.2) is 0 Å². The van der Waals surface area contributed by atoms with E-state index in [9.17, 15) is 14.4 Å². The van der Waals surface area contributed by atoms with E-state index in [1.54, 1.807) is 4.90 Å². The first-order valence-electron chi connectivity index (χ1n) is 27.4. The van der Waals surface area contributed by atoms with Crippen LogP contribution in [0, 0.1) is 11.8 Å². The van der Waals surface area contributed by atoms with Crippen molar-refractivity contribution in [2.75, 3.05) is 71.4 Å². The molecular weight excluding hydrogens is 933 g/mol. The highest BCUT2D eigenvalue weighted by Crippen LogP contribution is 2.41. The Hall–Kier alpha value is -5.99. The van der Waals surface area contributed by atoms with Crippen molar-refractivity contribution >= 4 is 23.4 Å². The molecule has 5 aliphatic rings. The van der Waals surface area contributed by atoms with Gasteiger partial charge in [0.05, 0.1) is 64.9 Å². The third kappa shape index (κ3) is 13.6. The molecule has 2 heterocycles. The van der Waals surface area contributed by atoms with Crippen molar-refractivity contribution in [1.29, 1.82) is 0 Å². The van der Waals surface area contributed by atoms with Gasteiger partial charge >= 0.3 is 0 Å². The van der Waals surface area contributed by atoms with E-state index >= 15 is 0 Å². The van der Waals surface area contributed by atoms with Gasteiger partial charge < -0.3 is 49.3 Å². The molecule has 3 N–H and O–H groups in total. The summed E-state index contributed by atoms with van der Waals surface area (Å²) in [6, 6.07) is 27.9. The van der Waals surface area contributed by atoms with Gasteiger partial charge in [0.2, 0.25) is 17.7 Å². The fraction of sp³-hybridized carbons (Fsp3) is 0.492. The zero-order valence-corrected chi connectivity index (χ0v) is 43.4. The molecule has 0 saturated heterocycles. The number of allylic oxidation sites excluding steroid dienone is 2. The Kier molecular flexibility index (Phi) is 18.9. The second-order valence-corrected chi connectivity index (χ2v) is 20.4. The topological polar surface area (TPSA) is 146 Å². The molecule has 4 aromatic rings. The molecule has 9 rings (SSSR count). The van der Waals surface area contributed by atoms with Gasteiger partial charge in [0.1, 0.15) is 36.8 Å². The Morgan fingerprint density at radius 3 is 2.05 bits per heavy atom. The number of nitrogens with one attached hydrogen (secondary N) is 3. The summed E-state index contributed by atoms with van der Waals surface area (Å²) in [6.07, 6.45) is 17.5. The lowest BCUT2D eigenvalue weighted by molar-refractivity contribution is -0.146. The van der Waals surface area contributed by atoms with Gasteiger partial charge in [-0.3, -0.25) is 14.4 Å². The lowest BCUT2D eigenvalue weighted by Crippen LogP contribution is -2.60. The molecule has 3 aliphatic carbocycles. The monoisotopic (exact) mass is 1010 g/mol. The van der Waals surface area contributed by atoms with Gasteiger partial charge in [0.25, 0.3) is 0 Å². The van der Waals surface area contributed by atoms with Crippen molar-refractivity contribution in [1.82, 2.24) is 15.5 Å².